The van der Waals surface area contributed by atoms with Crippen LogP contribution >= 0.6 is 11.3 Å². The van der Waals surface area contributed by atoms with Crippen molar-refractivity contribution in [3.8, 4) is 17.0 Å². The summed E-state index contributed by atoms with van der Waals surface area (Å²) in [6.45, 7) is 1.94. The molecule has 7 nitrogen and oxygen atoms in total. The van der Waals surface area contributed by atoms with Crippen LogP contribution in [0.25, 0.3) is 16.2 Å². The summed E-state index contributed by atoms with van der Waals surface area (Å²) in [7, 11) is 0. The number of benzene rings is 2. The SMILES string of the molecule is CC(NC(=O)Cc1csc2nc(-c3ccccc3)cn12)c1ccc2c(c1)NC(=O)CO2. The molecule has 4 aromatic rings. The molecule has 0 saturated carbocycles. The van der Waals surface area contributed by atoms with Crippen LogP contribution < -0.4 is 15.4 Å². The van der Waals surface area contributed by atoms with Crippen molar-refractivity contribution in [2.75, 3.05) is 11.9 Å². The third-order valence-corrected chi connectivity index (χ3v) is 6.10. The molecular weight excluding hydrogens is 412 g/mol. The number of fused-ring (bicyclic) bond motifs is 2. The number of amides is 2. The van der Waals surface area contributed by atoms with E-state index in [1.165, 1.54) is 11.3 Å². The predicted octanol–water partition coefficient (Wildman–Crippen LogP) is 3.81. The van der Waals surface area contributed by atoms with Gasteiger partial charge in [0.25, 0.3) is 5.91 Å². The normalized spacial score (nSPS) is 13.9. The summed E-state index contributed by atoms with van der Waals surface area (Å²) in [6.07, 6.45) is 2.22. The molecule has 1 aliphatic rings. The molecule has 0 spiro atoms. The standard InChI is InChI=1S/C23H20N4O3S/c1-14(16-7-8-20-18(9-16)25-22(29)12-30-20)24-21(28)10-17-13-31-23-26-19(11-27(17)23)15-5-3-2-4-6-15/h2-9,11,13-14H,10,12H2,1H3,(H,24,28)(H,25,29). The molecule has 5 rings (SSSR count). The highest BCUT2D eigenvalue weighted by Gasteiger charge is 2.19. The number of nitrogens with zero attached hydrogens (tertiary/aromatic N) is 2. The Balaban J connectivity index is 1.29. The van der Waals surface area contributed by atoms with E-state index in [9.17, 15) is 9.59 Å². The van der Waals surface area contributed by atoms with Crippen LogP contribution in [-0.2, 0) is 16.0 Å². The van der Waals surface area contributed by atoms with Crippen LogP contribution in [0, 0.1) is 0 Å². The van der Waals surface area contributed by atoms with Crippen molar-refractivity contribution in [2.24, 2.45) is 0 Å². The summed E-state index contributed by atoms with van der Waals surface area (Å²) in [4.78, 5) is 29.8. The van der Waals surface area contributed by atoms with Crippen molar-refractivity contribution in [3.63, 3.8) is 0 Å². The zero-order chi connectivity index (χ0) is 21.4. The highest BCUT2D eigenvalue weighted by molar-refractivity contribution is 7.15. The number of hydrogen-bond donors (Lipinski definition) is 2. The van der Waals surface area contributed by atoms with Crippen molar-refractivity contribution >= 4 is 33.8 Å². The molecule has 0 radical (unpaired) electrons. The number of carbonyl (C=O) groups is 2. The molecule has 31 heavy (non-hydrogen) atoms. The number of hydrogen-bond acceptors (Lipinski definition) is 5. The molecule has 1 atom stereocenters. The number of imidazole rings is 1. The van der Waals surface area contributed by atoms with Gasteiger partial charge in [0.15, 0.2) is 11.6 Å². The molecule has 2 aromatic carbocycles. The Morgan fingerprint density at radius 2 is 2.13 bits per heavy atom. The average molecular weight is 433 g/mol. The molecule has 156 valence electrons. The Kier molecular flexibility index (Phi) is 4.91. The van der Waals surface area contributed by atoms with Gasteiger partial charge in [-0.15, -0.1) is 11.3 Å². The summed E-state index contributed by atoms with van der Waals surface area (Å²) in [5, 5.41) is 7.79. The van der Waals surface area contributed by atoms with E-state index in [1.54, 1.807) is 0 Å². The molecule has 3 heterocycles. The molecule has 0 saturated heterocycles. The fourth-order valence-electron chi connectivity index (χ4n) is 3.61. The maximum atomic E-state index is 12.7. The van der Waals surface area contributed by atoms with Crippen molar-refractivity contribution in [1.82, 2.24) is 14.7 Å². The van der Waals surface area contributed by atoms with Gasteiger partial charge in [0.2, 0.25) is 5.91 Å². The van der Waals surface area contributed by atoms with E-state index >= 15 is 0 Å². The quantitative estimate of drug-likeness (QED) is 0.502. The zero-order valence-corrected chi connectivity index (χ0v) is 17.6. The van der Waals surface area contributed by atoms with Crippen LogP contribution in [0.4, 0.5) is 5.69 Å². The number of aromatic nitrogens is 2. The first kappa shape index (κ1) is 19.3. The Morgan fingerprint density at radius 1 is 1.29 bits per heavy atom. The lowest BCUT2D eigenvalue weighted by molar-refractivity contribution is -0.121. The minimum absolute atomic E-state index is 0.0218. The first-order valence-corrected chi connectivity index (χ1v) is 10.8. The summed E-state index contributed by atoms with van der Waals surface area (Å²) >= 11 is 1.52. The molecule has 2 aromatic heterocycles. The fraction of sp³-hybridized carbons (Fsp3) is 0.174. The second-order valence-electron chi connectivity index (χ2n) is 7.43. The van der Waals surface area contributed by atoms with Crippen molar-refractivity contribution in [3.05, 3.63) is 71.4 Å². The maximum Gasteiger partial charge on any atom is 0.262 e. The van der Waals surface area contributed by atoms with Gasteiger partial charge in [0, 0.05) is 22.8 Å². The third-order valence-electron chi connectivity index (χ3n) is 5.21. The summed E-state index contributed by atoms with van der Waals surface area (Å²) in [5.41, 5.74) is 4.35. The molecule has 1 unspecified atom stereocenters. The van der Waals surface area contributed by atoms with Crippen molar-refractivity contribution < 1.29 is 14.3 Å². The lowest BCUT2D eigenvalue weighted by Gasteiger charge is -2.21. The number of ether oxygens (including phenoxy) is 1. The van der Waals surface area contributed by atoms with Crippen LogP contribution in [0.2, 0.25) is 0 Å². The van der Waals surface area contributed by atoms with Crippen molar-refractivity contribution in [1.29, 1.82) is 0 Å². The van der Waals surface area contributed by atoms with Crippen LogP contribution in [0.1, 0.15) is 24.2 Å². The number of nitrogens with one attached hydrogen (secondary N) is 2. The minimum atomic E-state index is -0.214. The molecule has 2 N–H and O–H groups in total. The second kappa shape index (κ2) is 7.88. The smallest absolute Gasteiger partial charge is 0.262 e. The van der Waals surface area contributed by atoms with E-state index in [4.69, 9.17) is 4.74 Å². The van der Waals surface area contributed by atoms with E-state index in [2.05, 4.69) is 15.6 Å². The van der Waals surface area contributed by atoms with E-state index in [-0.39, 0.29) is 30.9 Å². The van der Waals surface area contributed by atoms with Gasteiger partial charge in [-0.2, -0.15) is 0 Å². The van der Waals surface area contributed by atoms with Crippen LogP contribution in [0.5, 0.6) is 5.75 Å². The Hall–Kier alpha value is -3.65. The predicted molar refractivity (Wildman–Crippen MR) is 119 cm³/mol. The number of rotatable bonds is 5. The zero-order valence-electron chi connectivity index (χ0n) is 16.8. The van der Waals surface area contributed by atoms with Crippen molar-refractivity contribution in [2.45, 2.75) is 19.4 Å². The molecular formula is C23H20N4O3S. The molecule has 0 fully saturated rings. The number of anilines is 1. The lowest BCUT2D eigenvalue weighted by Crippen LogP contribution is -2.29. The summed E-state index contributed by atoms with van der Waals surface area (Å²) in [6, 6.07) is 15.3. The summed E-state index contributed by atoms with van der Waals surface area (Å²) < 4.78 is 7.36. The average Bonchev–Trinajstić information content (AvgIpc) is 3.36. The highest BCUT2D eigenvalue weighted by Crippen LogP contribution is 2.30. The first-order chi connectivity index (χ1) is 15.1. The largest absolute Gasteiger partial charge is 0.482 e. The Morgan fingerprint density at radius 3 is 2.97 bits per heavy atom. The fourth-order valence-corrected chi connectivity index (χ4v) is 4.49. The minimum Gasteiger partial charge on any atom is -0.482 e. The van der Waals surface area contributed by atoms with E-state index in [0.717, 1.165) is 27.5 Å². The van der Waals surface area contributed by atoms with Crippen LogP contribution in [-0.4, -0.2) is 27.8 Å². The first-order valence-electron chi connectivity index (χ1n) is 9.93. The van der Waals surface area contributed by atoms with Gasteiger partial charge in [-0.05, 0) is 24.6 Å². The van der Waals surface area contributed by atoms with Gasteiger partial charge < -0.3 is 15.4 Å². The Labute approximate surface area is 182 Å². The Bertz CT molecular complexity index is 1280. The lowest BCUT2D eigenvalue weighted by atomic mass is 10.1. The molecule has 8 heteroatoms. The number of carbonyl (C=O) groups excluding carboxylic acids is 2. The molecule has 0 aliphatic carbocycles. The van der Waals surface area contributed by atoms with Gasteiger partial charge >= 0.3 is 0 Å². The van der Waals surface area contributed by atoms with E-state index in [0.29, 0.717) is 11.4 Å². The van der Waals surface area contributed by atoms with Crippen LogP contribution in [0.3, 0.4) is 0 Å². The summed E-state index contributed by atoms with van der Waals surface area (Å²) in [5.74, 6) is 0.370. The second-order valence-corrected chi connectivity index (χ2v) is 8.27. The highest BCUT2D eigenvalue weighted by atomic mass is 32.1. The number of thiazole rings is 1. The van der Waals surface area contributed by atoms with Gasteiger partial charge in [0.05, 0.1) is 23.8 Å². The molecule has 0 bridgehead atoms. The van der Waals surface area contributed by atoms with Gasteiger partial charge in [-0.3, -0.25) is 14.0 Å². The van der Waals surface area contributed by atoms with Gasteiger partial charge in [-0.25, -0.2) is 4.98 Å². The maximum absolute atomic E-state index is 12.7. The van der Waals surface area contributed by atoms with Crippen LogP contribution in [0.15, 0.2) is 60.1 Å². The monoisotopic (exact) mass is 432 g/mol. The topological polar surface area (TPSA) is 84.7 Å². The third kappa shape index (κ3) is 3.89. The van der Waals surface area contributed by atoms with Gasteiger partial charge in [0.1, 0.15) is 5.75 Å². The van der Waals surface area contributed by atoms with E-state index in [1.807, 2.05) is 71.4 Å². The molecule has 2 amide bonds. The molecule has 1 aliphatic heterocycles. The van der Waals surface area contributed by atoms with Gasteiger partial charge in [-0.1, -0.05) is 36.4 Å². The van der Waals surface area contributed by atoms with E-state index < -0.39 is 0 Å².